The fourth-order valence-electron chi connectivity index (χ4n) is 2.69. The minimum atomic E-state index is -0.108. The summed E-state index contributed by atoms with van der Waals surface area (Å²) in [5.74, 6) is 1.38. The maximum absolute atomic E-state index is 12.0. The number of ether oxygens (including phenoxy) is 2. The Morgan fingerprint density at radius 1 is 1.23 bits per heavy atom. The second-order valence-electron chi connectivity index (χ2n) is 5.82. The van der Waals surface area contributed by atoms with E-state index in [9.17, 15) is 4.79 Å². The summed E-state index contributed by atoms with van der Waals surface area (Å²) < 4.78 is 10.9. The van der Waals surface area contributed by atoms with Crippen molar-refractivity contribution in [3.63, 3.8) is 0 Å². The van der Waals surface area contributed by atoms with E-state index < -0.39 is 0 Å². The monoisotopic (exact) mass is 306 g/mol. The lowest BCUT2D eigenvalue weighted by atomic mass is 9.96. The van der Waals surface area contributed by atoms with Gasteiger partial charge in [0.05, 0.1) is 13.2 Å². The van der Waals surface area contributed by atoms with Gasteiger partial charge in [-0.1, -0.05) is 31.4 Å². The fourth-order valence-corrected chi connectivity index (χ4v) is 2.69. The highest BCUT2D eigenvalue weighted by Crippen LogP contribution is 2.25. The summed E-state index contributed by atoms with van der Waals surface area (Å²) in [6.07, 6.45) is 5.86. The number of carbonyl (C=O) groups excluding carboxylic acids is 1. The Morgan fingerprint density at radius 2 is 1.91 bits per heavy atom. The molecule has 5 heteroatoms. The molecule has 5 nitrogen and oxygen atoms in total. The quantitative estimate of drug-likeness (QED) is 0.849. The predicted octanol–water partition coefficient (Wildman–Crippen LogP) is 3.09. The molecule has 0 radical (unpaired) electrons. The molecule has 0 heterocycles. The molecule has 1 atom stereocenters. The van der Waals surface area contributed by atoms with E-state index >= 15 is 0 Å². The summed E-state index contributed by atoms with van der Waals surface area (Å²) in [4.78, 5) is 12.0. The first kappa shape index (κ1) is 16.5. The highest BCUT2D eigenvalue weighted by molar-refractivity contribution is 5.74. The van der Waals surface area contributed by atoms with Crippen LogP contribution < -0.4 is 20.1 Å². The lowest BCUT2D eigenvalue weighted by molar-refractivity contribution is 0.218. The van der Waals surface area contributed by atoms with E-state index in [2.05, 4.69) is 10.6 Å². The van der Waals surface area contributed by atoms with E-state index in [1.165, 1.54) is 19.3 Å². The number of urea groups is 1. The number of rotatable bonds is 6. The number of hydrogen-bond donors (Lipinski definition) is 2. The summed E-state index contributed by atoms with van der Waals surface area (Å²) in [5, 5.41) is 5.96. The van der Waals surface area contributed by atoms with Crippen LogP contribution in [0.3, 0.4) is 0 Å². The minimum absolute atomic E-state index is 0.0755. The van der Waals surface area contributed by atoms with Gasteiger partial charge >= 0.3 is 6.03 Å². The molecule has 1 fully saturated rings. The standard InChI is InChI=1S/C17H26N2O3/c1-13(12-22-16-11-7-6-10-15(16)21-2)18-17(20)19-14-8-4-3-5-9-14/h6-7,10-11,13-14H,3-5,8-9,12H2,1-2H3,(H2,18,19,20)/t13-/m0/s1. The van der Waals surface area contributed by atoms with Gasteiger partial charge in [0.2, 0.25) is 0 Å². The van der Waals surface area contributed by atoms with E-state index in [0.29, 0.717) is 24.1 Å². The van der Waals surface area contributed by atoms with Crippen molar-refractivity contribution in [1.29, 1.82) is 0 Å². The van der Waals surface area contributed by atoms with Crippen molar-refractivity contribution in [2.45, 2.75) is 51.1 Å². The van der Waals surface area contributed by atoms with Crippen LogP contribution in [0.5, 0.6) is 11.5 Å². The fraction of sp³-hybridized carbons (Fsp3) is 0.588. The molecule has 2 rings (SSSR count). The van der Waals surface area contributed by atoms with Crippen LogP contribution in [0.4, 0.5) is 4.79 Å². The first-order valence-corrected chi connectivity index (χ1v) is 8.02. The van der Waals surface area contributed by atoms with Gasteiger partial charge in [-0.2, -0.15) is 0 Å². The molecule has 0 saturated heterocycles. The Morgan fingerprint density at radius 3 is 2.59 bits per heavy atom. The topological polar surface area (TPSA) is 59.6 Å². The van der Waals surface area contributed by atoms with Crippen molar-refractivity contribution < 1.29 is 14.3 Å². The van der Waals surface area contributed by atoms with E-state index in [0.717, 1.165) is 12.8 Å². The molecule has 2 amide bonds. The Balaban J connectivity index is 1.72. The van der Waals surface area contributed by atoms with Crippen molar-refractivity contribution in [3.8, 4) is 11.5 Å². The molecule has 0 aliphatic heterocycles. The smallest absolute Gasteiger partial charge is 0.315 e. The van der Waals surface area contributed by atoms with Gasteiger partial charge in [0.25, 0.3) is 0 Å². The van der Waals surface area contributed by atoms with E-state index in [1.54, 1.807) is 7.11 Å². The maximum Gasteiger partial charge on any atom is 0.315 e. The zero-order valence-corrected chi connectivity index (χ0v) is 13.4. The van der Waals surface area contributed by atoms with Gasteiger partial charge in [-0.3, -0.25) is 0 Å². The van der Waals surface area contributed by atoms with Crippen molar-refractivity contribution in [3.05, 3.63) is 24.3 Å². The predicted molar refractivity (Wildman–Crippen MR) is 86.5 cm³/mol. The zero-order chi connectivity index (χ0) is 15.8. The molecule has 0 aromatic heterocycles. The highest BCUT2D eigenvalue weighted by Gasteiger charge is 2.16. The molecule has 22 heavy (non-hydrogen) atoms. The van der Waals surface area contributed by atoms with Crippen LogP contribution in [0.25, 0.3) is 0 Å². The summed E-state index contributed by atoms with van der Waals surface area (Å²) in [5.41, 5.74) is 0. The highest BCUT2D eigenvalue weighted by atomic mass is 16.5. The van der Waals surface area contributed by atoms with E-state index in [-0.39, 0.29) is 12.1 Å². The number of para-hydroxylation sites is 2. The summed E-state index contributed by atoms with van der Waals surface area (Å²) in [6.45, 7) is 2.33. The Kier molecular flexibility index (Phi) is 6.37. The van der Waals surface area contributed by atoms with Crippen LogP contribution in [-0.4, -0.2) is 31.8 Å². The molecule has 1 aliphatic carbocycles. The molecular formula is C17H26N2O3. The third kappa shape index (κ3) is 5.13. The largest absolute Gasteiger partial charge is 0.493 e. The molecule has 2 N–H and O–H groups in total. The van der Waals surface area contributed by atoms with Gasteiger partial charge in [0.1, 0.15) is 6.61 Å². The lowest BCUT2D eigenvalue weighted by Gasteiger charge is -2.24. The number of benzene rings is 1. The number of nitrogens with one attached hydrogen (secondary N) is 2. The van der Waals surface area contributed by atoms with Crippen molar-refractivity contribution in [2.75, 3.05) is 13.7 Å². The van der Waals surface area contributed by atoms with Crippen LogP contribution in [0.2, 0.25) is 0 Å². The first-order valence-electron chi connectivity index (χ1n) is 8.02. The molecule has 1 aromatic rings. The Labute approximate surface area is 132 Å². The molecule has 1 aromatic carbocycles. The average Bonchev–Trinajstić information content (AvgIpc) is 2.54. The van der Waals surface area contributed by atoms with Gasteiger partial charge in [-0.05, 0) is 31.9 Å². The number of amides is 2. The van der Waals surface area contributed by atoms with Gasteiger partial charge < -0.3 is 20.1 Å². The van der Waals surface area contributed by atoms with E-state index in [4.69, 9.17) is 9.47 Å². The van der Waals surface area contributed by atoms with Crippen molar-refractivity contribution >= 4 is 6.03 Å². The molecular weight excluding hydrogens is 280 g/mol. The molecule has 0 spiro atoms. The molecule has 122 valence electrons. The molecule has 0 unspecified atom stereocenters. The normalized spacial score (nSPS) is 16.6. The van der Waals surface area contributed by atoms with Crippen LogP contribution in [0.15, 0.2) is 24.3 Å². The minimum Gasteiger partial charge on any atom is -0.493 e. The summed E-state index contributed by atoms with van der Waals surface area (Å²) >= 11 is 0. The zero-order valence-electron chi connectivity index (χ0n) is 13.4. The number of carbonyl (C=O) groups is 1. The van der Waals surface area contributed by atoms with Gasteiger partial charge in [0.15, 0.2) is 11.5 Å². The van der Waals surface area contributed by atoms with Crippen LogP contribution in [-0.2, 0) is 0 Å². The van der Waals surface area contributed by atoms with Crippen LogP contribution >= 0.6 is 0 Å². The van der Waals surface area contributed by atoms with Crippen molar-refractivity contribution in [1.82, 2.24) is 10.6 Å². The molecule has 1 saturated carbocycles. The van der Waals surface area contributed by atoms with Gasteiger partial charge in [0, 0.05) is 6.04 Å². The van der Waals surface area contributed by atoms with Crippen LogP contribution in [0.1, 0.15) is 39.0 Å². The second kappa shape index (κ2) is 8.51. The van der Waals surface area contributed by atoms with Crippen molar-refractivity contribution in [2.24, 2.45) is 0 Å². The number of hydrogen-bond acceptors (Lipinski definition) is 3. The van der Waals surface area contributed by atoms with Crippen LogP contribution in [0, 0.1) is 0 Å². The molecule has 0 bridgehead atoms. The lowest BCUT2D eigenvalue weighted by Crippen LogP contribution is -2.47. The SMILES string of the molecule is COc1ccccc1OC[C@H](C)NC(=O)NC1CCCCC1. The second-order valence-corrected chi connectivity index (χ2v) is 5.82. The third-order valence-electron chi connectivity index (χ3n) is 3.88. The summed E-state index contributed by atoms with van der Waals surface area (Å²) in [6, 6.07) is 7.63. The third-order valence-corrected chi connectivity index (χ3v) is 3.88. The Hall–Kier alpha value is -1.91. The summed E-state index contributed by atoms with van der Waals surface area (Å²) in [7, 11) is 1.61. The Bertz CT molecular complexity index is 473. The average molecular weight is 306 g/mol. The van der Waals surface area contributed by atoms with Gasteiger partial charge in [-0.25, -0.2) is 4.79 Å². The maximum atomic E-state index is 12.0. The van der Waals surface area contributed by atoms with Gasteiger partial charge in [-0.15, -0.1) is 0 Å². The van der Waals surface area contributed by atoms with E-state index in [1.807, 2.05) is 31.2 Å². The molecule has 1 aliphatic rings. The first-order chi connectivity index (χ1) is 10.7. The number of methoxy groups -OCH3 is 1.